The first-order chi connectivity index (χ1) is 21.6. The number of aromatic amines is 3. The molecule has 0 fully saturated rings. The smallest absolute Gasteiger partial charge is 0.335 e. The van der Waals surface area contributed by atoms with Crippen LogP contribution in [0.5, 0.6) is 0 Å². The average Bonchev–Trinajstić information content (AvgIpc) is 3.88. The molecule has 8 bridgehead atoms. The van der Waals surface area contributed by atoms with Crippen LogP contribution < -0.4 is 0 Å². The Morgan fingerprint density at radius 1 is 0.455 bits per heavy atom. The topological polar surface area (TPSA) is 97.6 Å². The van der Waals surface area contributed by atoms with Crippen LogP contribution in [-0.4, -0.2) is 31.0 Å². The van der Waals surface area contributed by atoms with Crippen LogP contribution in [0.2, 0.25) is 0 Å². The Kier molecular flexibility index (Phi) is 5.98. The van der Waals surface area contributed by atoms with Gasteiger partial charge in [-0.3, -0.25) is 0 Å². The average molecular weight is 571 g/mol. The van der Waals surface area contributed by atoms with Crippen molar-refractivity contribution in [1.29, 1.82) is 0 Å². The molecule has 0 atom stereocenters. The number of carboxylic acids is 1. The number of aromatic nitrogens is 4. The van der Waals surface area contributed by atoms with E-state index < -0.39 is 5.97 Å². The highest BCUT2D eigenvalue weighted by atomic mass is 16.4. The summed E-state index contributed by atoms with van der Waals surface area (Å²) in [6.07, 6.45) is 4.12. The van der Waals surface area contributed by atoms with Crippen molar-refractivity contribution < 1.29 is 9.90 Å². The van der Waals surface area contributed by atoms with Gasteiger partial charge < -0.3 is 20.1 Å². The fourth-order valence-corrected chi connectivity index (χ4v) is 6.06. The lowest BCUT2D eigenvalue weighted by Crippen LogP contribution is -1.95. The van der Waals surface area contributed by atoms with Gasteiger partial charge in [0, 0.05) is 44.3 Å². The first-order valence-corrected chi connectivity index (χ1v) is 14.4. The Morgan fingerprint density at radius 2 is 0.864 bits per heavy atom. The van der Waals surface area contributed by atoms with Crippen molar-refractivity contribution in [3.05, 3.63) is 138 Å². The molecule has 6 nitrogen and oxygen atoms in total. The van der Waals surface area contributed by atoms with E-state index in [0.29, 0.717) is 0 Å². The number of fused-ring (bicyclic) bond motifs is 9. The molecule has 5 heterocycles. The summed E-state index contributed by atoms with van der Waals surface area (Å²) in [4.78, 5) is 27.8. The van der Waals surface area contributed by atoms with Gasteiger partial charge in [-0.15, -0.1) is 0 Å². The minimum atomic E-state index is -0.955. The summed E-state index contributed by atoms with van der Waals surface area (Å²) in [5, 5.41) is 9.54. The summed E-state index contributed by atoms with van der Waals surface area (Å²) in [7, 11) is 0. The van der Waals surface area contributed by atoms with E-state index in [4.69, 9.17) is 4.98 Å². The van der Waals surface area contributed by atoms with Crippen molar-refractivity contribution in [2.75, 3.05) is 0 Å². The maximum absolute atomic E-state index is 11.6. The van der Waals surface area contributed by atoms with E-state index in [1.807, 2.05) is 48.5 Å². The predicted molar refractivity (Wildman–Crippen MR) is 178 cm³/mol. The van der Waals surface area contributed by atoms with Crippen LogP contribution >= 0.6 is 0 Å². The van der Waals surface area contributed by atoms with Gasteiger partial charge in [-0.2, -0.15) is 0 Å². The van der Waals surface area contributed by atoms with E-state index in [-0.39, 0.29) is 5.56 Å². The molecule has 0 amide bonds. The zero-order chi connectivity index (χ0) is 29.6. The van der Waals surface area contributed by atoms with Crippen LogP contribution in [0, 0.1) is 0 Å². The molecule has 8 rings (SSSR count). The number of aromatic carboxylic acids is 1. The summed E-state index contributed by atoms with van der Waals surface area (Å²) in [6, 6.07) is 40.1. The van der Waals surface area contributed by atoms with Crippen molar-refractivity contribution in [3.63, 3.8) is 0 Å². The van der Waals surface area contributed by atoms with E-state index in [1.165, 1.54) is 0 Å². The number of nitrogens with zero attached hydrogens (tertiary/aromatic N) is 1. The minimum Gasteiger partial charge on any atom is -0.478 e. The molecule has 0 radical (unpaired) electrons. The lowest BCUT2D eigenvalue weighted by molar-refractivity contribution is 0.0697. The number of H-pyrrole nitrogens is 3. The van der Waals surface area contributed by atoms with Crippen molar-refractivity contribution in [1.82, 2.24) is 19.9 Å². The molecule has 0 saturated carbocycles. The summed E-state index contributed by atoms with van der Waals surface area (Å²) >= 11 is 0. The number of carbonyl (C=O) groups is 1. The molecule has 1 aliphatic rings. The first-order valence-electron chi connectivity index (χ1n) is 14.4. The highest BCUT2D eigenvalue weighted by molar-refractivity contribution is 6.00. The third-order valence-corrected chi connectivity index (χ3v) is 8.12. The van der Waals surface area contributed by atoms with Crippen LogP contribution in [0.25, 0.3) is 78.6 Å². The molecule has 0 aliphatic carbocycles. The minimum absolute atomic E-state index is 0.242. The molecule has 210 valence electrons. The number of nitrogens with one attached hydrogen (secondary N) is 3. The van der Waals surface area contributed by atoms with Gasteiger partial charge >= 0.3 is 5.97 Å². The third-order valence-electron chi connectivity index (χ3n) is 8.12. The highest BCUT2D eigenvalue weighted by Crippen LogP contribution is 2.35. The second-order valence-corrected chi connectivity index (χ2v) is 10.8. The van der Waals surface area contributed by atoms with Gasteiger partial charge in [0.1, 0.15) is 0 Å². The van der Waals surface area contributed by atoms with Crippen LogP contribution in [0.15, 0.2) is 121 Å². The van der Waals surface area contributed by atoms with Crippen molar-refractivity contribution in [3.8, 4) is 33.4 Å². The Hall–Kier alpha value is -6.14. The maximum atomic E-state index is 11.6. The fraction of sp³-hybridized carbons (Fsp3) is 0. The van der Waals surface area contributed by atoms with Crippen LogP contribution in [0.4, 0.5) is 0 Å². The van der Waals surface area contributed by atoms with E-state index in [1.54, 1.807) is 12.1 Å². The van der Waals surface area contributed by atoms with Gasteiger partial charge in [0.2, 0.25) is 0 Å². The van der Waals surface area contributed by atoms with E-state index in [9.17, 15) is 9.90 Å². The lowest BCUT2D eigenvalue weighted by Gasteiger charge is -2.05. The van der Waals surface area contributed by atoms with Gasteiger partial charge in [0.25, 0.3) is 0 Å². The molecule has 4 aromatic heterocycles. The summed E-state index contributed by atoms with van der Waals surface area (Å²) in [6.45, 7) is 0. The fourth-order valence-electron chi connectivity index (χ4n) is 6.06. The molecule has 1 aliphatic heterocycles. The summed E-state index contributed by atoms with van der Waals surface area (Å²) in [5.41, 5.74) is 13.5. The normalized spacial score (nSPS) is 11.7. The van der Waals surface area contributed by atoms with Crippen molar-refractivity contribution >= 4 is 51.2 Å². The first kappa shape index (κ1) is 25.6. The molecule has 6 heteroatoms. The van der Waals surface area contributed by atoms with Gasteiger partial charge in [-0.1, -0.05) is 72.8 Å². The second-order valence-electron chi connectivity index (χ2n) is 10.8. The molecule has 44 heavy (non-hydrogen) atoms. The second kappa shape index (κ2) is 10.3. The van der Waals surface area contributed by atoms with Crippen molar-refractivity contribution in [2.45, 2.75) is 0 Å². The largest absolute Gasteiger partial charge is 0.478 e. The third kappa shape index (κ3) is 4.37. The lowest BCUT2D eigenvalue weighted by atomic mass is 10.0. The van der Waals surface area contributed by atoms with Crippen LogP contribution in [0.1, 0.15) is 21.7 Å². The van der Waals surface area contributed by atoms with E-state index in [0.717, 1.165) is 77.9 Å². The predicted octanol–water partition coefficient (Wildman–Crippen LogP) is 9.40. The van der Waals surface area contributed by atoms with Gasteiger partial charge in [-0.05, 0) is 77.4 Å². The van der Waals surface area contributed by atoms with E-state index in [2.05, 4.69) is 87.8 Å². The zero-order valence-electron chi connectivity index (χ0n) is 23.5. The molecule has 0 saturated heterocycles. The van der Waals surface area contributed by atoms with Crippen molar-refractivity contribution in [2.24, 2.45) is 0 Å². The molecule has 3 aromatic carbocycles. The number of hydrogen-bond donors (Lipinski definition) is 4. The number of benzene rings is 3. The Bertz CT molecular complexity index is 2340. The van der Waals surface area contributed by atoms with Gasteiger partial charge in [0.05, 0.1) is 22.5 Å². The number of rotatable bonds is 4. The molecular formula is C38H26N4O2. The van der Waals surface area contributed by atoms with E-state index >= 15 is 0 Å². The molecular weight excluding hydrogens is 544 g/mol. The standard InChI is InChI=1S/C38H26N4O2/c43-38(44)26-13-11-25(12-14-26)37-33-21-19-31(41-33)35(23-7-3-1-4-8-23)29-17-15-27(39-29)28-16-18-30(40-28)36(24-9-5-2-6-10-24)32-20-22-34(37)42-32/h1-22,39,41-42H,(H,43,44). The highest BCUT2D eigenvalue weighted by Gasteiger charge is 2.15. The Morgan fingerprint density at radius 3 is 1.39 bits per heavy atom. The molecule has 0 unspecified atom stereocenters. The monoisotopic (exact) mass is 570 g/mol. The Balaban J connectivity index is 1.54. The molecule has 4 N–H and O–H groups in total. The van der Waals surface area contributed by atoms with Crippen LogP contribution in [0.3, 0.4) is 0 Å². The number of hydrogen-bond acceptors (Lipinski definition) is 2. The molecule has 0 spiro atoms. The SMILES string of the molecule is O=C(O)c1ccc(-c2c3ccc([nH]3)c(-c3ccccc3)c3nc(c4ccc([nH]4)c(-c4ccccc4)c4ccc2[nH]4)C=C3)cc1. The van der Waals surface area contributed by atoms with Gasteiger partial charge in [0.15, 0.2) is 0 Å². The van der Waals surface area contributed by atoms with Gasteiger partial charge in [-0.25, -0.2) is 9.78 Å². The number of carboxylic acid groups (broad SMARTS) is 1. The Labute approximate surface area is 252 Å². The molecule has 7 aromatic rings. The maximum Gasteiger partial charge on any atom is 0.335 e. The summed E-state index contributed by atoms with van der Waals surface area (Å²) in [5.74, 6) is -0.955. The zero-order valence-corrected chi connectivity index (χ0v) is 23.5. The summed E-state index contributed by atoms with van der Waals surface area (Å²) < 4.78 is 0. The van der Waals surface area contributed by atoms with Crippen LogP contribution in [-0.2, 0) is 0 Å². The quantitative estimate of drug-likeness (QED) is 0.170.